The van der Waals surface area contributed by atoms with Crippen molar-refractivity contribution in [2.45, 2.75) is 18.6 Å². The number of likely N-dealkylation sites (N-methyl/N-ethyl adjacent to an activating group) is 1. The molecular formula is C21H22ClN5O2S. The van der Waals surface area contributed by atoms with Crippen molar-refractivity contribution in [3.63, 3.8) is 0 Å². The van der Waals surface area contributed by atoms with Gasteiger partial charge in [-0.25, -0.2) is 0 Å². The molecule has 9 heteroatoms. The van der Waals surface area contributed by atoms with E-state index in [-0.39, 0.29) is 24.1 Å². The Balaban J connectivity index is 1.54. The van der Waals surface area contributed by atoms with Crippen LogP contribution in [0.5, 0.6) is 0 Å². The highest BCUT2D eigenvalue weighted by molar-refractivity contribution is 7.99. The molecule has 156 valence electrons. The predicted octanol–water partition coefficient (Wildman–Crippen LogP) is 3.48. The molecule has 1 aromatic heterocycles. The molecule has 0 atom stereocenters. The average molecular weight is 444 g/mol. The zero-order valence-electron chi connectivity index (χ0n) is 16.7. The minimum atomic E-state index is -0.313. The fraction of sp³-hybridized carbons (Fsp3) is 0.238. The molecule has 1 N–H and O–H groups in total. The van der Waals surface area contributed by atoms with Crippen LogP contribution in [0.15, 0.2) is 59.8 Å². The van der Waals surface area contributed by atoms with Crippen molar-refractivity contribution in [2.24, 2.45) is 0 Å². The number of para-hydroxylation sites is 1. The molecule has 0 unspecified atom stereocenters. The second-order valence-electron chi connectivity index (χ2n) is 6.67. The number of benzene rings is 2. The fourth-order valence-corrected chi connectivity index (χ4v) is 3.82. The molecule has 0 spiro atoms. The molecule has 1 heterocycles. The summed E-state index contributed by atoms with van der Waals surface area (Å²) < 4.78 is 1.97. The maximum atomic E-state index is 12.5. The number of amides is 2. The molecule has 0 saturated carbocycles. The van der Waals surface area contributed by atoms with Crippen molar-refractivity contribution in [1.82, 2.24) is 19.7 Å². The molecule has 0 aliphatic rings. The van der Waals surface area contributed by atoms with Crippen molar-refractivity contribution in [2.75, 3.05) is 24.7 Å². The zero-order valence-corrected chi connectivity index (χ0v) is 18.3. The van der Waals surface area contributed by atoms with E-state index in [1.165, 1.54) is 16.7 Å². The molecule has 30 heavy (non-hydrogen) atoms. The summed E-state index contributed by atoms with van der Waals surface area (Å²) in [4.78, 5) is 26.1. The first-order valence-electron chi connectivity index (χ1n) is 9.29. The van der Waals surface area contributed by atoms with Gasteiger partial charge in [0.2, 0.25) is 11.8 Å². The maximum Gasteiger partial charge on any atom is 0.244 e. The third-order valence-electron chi connectivity index (χ3n) is 4.36. The van der Waals surface area contributed by atoms with Crippen LogP contribution >= 0.6 is 23.4 Å². The molecule has 0 bridgehead atoms. The molecule has 0 aliphatic heterocycles. The number of carbonyl (C=O) groups is 2. The Hall–Kier alpha value is -2.84. The van der Waals surface area contributed by atoms with Gasteiger partial charge in [-0.3, -0.25) is 9.59 Å². The number of halogens is 1. The largest absolute Gasteiger partial charge is 0.336 e. The van der Waals surface area contributed by atoms with Crippen molar-refractivity contribution in [1.29, 1.82) is 0 Å². The molecule has 0 radical (unpaired) electrons. The Bertz CT molecular complexity index is 1030. The highest BCUT2D eigenvalue weighted by Gasteiger charge is 2.17. The minimum Gasteiger partial charge on any atom is -0.336 e. The molecule has 0 fully saturated rings. The second kappa shape index (κ2) is 10.3. The smallest absolute Gasteiger partial charge is 0.244 e. The summed E-state index contributed by atoms with van der Waals surface area (Å²) in [5, 5.41) is 12.1. The van der Waals surface area contributed by atoms with E-state index < -0.39 is 0 Å². The van der Waals surface area contributed by atoms with Gasteiger partial charge in [0, 0.05) is 7.05 Å². The minimum absolute atomic E-state index is 0.0691. The number of aryl methyl sites for hydroxylation is 1. The number of aromatic nitrogens is 3. The van der Waals surface area contributed by atoms with Crippen LogP contribution in [0.3, 0.4) is 0 Å². The topological polar surface area (TPSA) is 80.1 Å². The van der Waals surface area contributed by atoms with E-state index in [9.17, 15) is 9.59 Å². The monoisotopic (exact) mass is 443 g/mol. The van der Waals surface area contributed by atoms with E-state index in [2.05, 4.69) is 15.5 Å². The van der Waals surface area contributed by atoms with Gasteiger partial charge in [0.1, 0.15) is 5.82 Å². The summed E-state index contributed by atoms with van der Waals surface area (Å²) >= 11 is 7.35. The predicted molar refractivity (Wildman–Crippen MR) is 119 cm³/mol. The Kier molecular flexibility index (Phi) is 7.48. The summed E-state index contributed by atoms with van der Waals surface area (Å²) in [6, 6.07) is 16.9. The van der Waals surface area contributed by atoms with Crippen LogP contribution in [0.4, 0.5) is 5.69 Å². The quantitative estimate of drug-likeness (QED) is 0.539. The van der Waals surface area contributed by atoms with E-state index in [1.54, 1.807) is 31.3 Å². The Labute approximate surface area is 184 Å². The molecule has 0 saturated heterocycles. The number of hydrogen-bond donors (Lipinski definition) is 1. The zero-order chi connectivity index (χ0) is 21.5. The molecule has 3 rings (SSSR count). The number of nitrogens with zero attached hydrogens (tertiary/aromatic N) is 4. The van der Waals surface area contributed by atoms with E-state index in [0.29, 0.717) is 22.4 Å². The number of carbonyl (C=O) groups excluding carboxylic acids is 2. The summed E-state index contributed by atoms with van der Waals surface area (Å²) in [5.74, 6) is 0.442. The maximum absolute atomic E-state index is 12.5. The van der Waals surface area contributed by atoms with Crippen LogP contribution in [-0.4, -0.2) is 50.8 Å². The first-order valence-corrected chi connectivity index (χ1v) is 10.6. The number of nitrogens with one attached hydrogen (secondary N) is 1. The first-order chi connectivity index (χ1) is 14.4. The highest BCUT2D eigenvalue weighted by atomic mass is 35.5. The molecule has 0 aliphatic carbocycles. The van der Waals surface area contributed by atoms with Crippen LogP contribution in [0.2, 0.25) is 5.02 Å². The highest BCUT2D eigenvalue weighted by Crippen LogP contribution is 2.21. The van der Waals surface area contributed by atoms with Crippen LogP contribution in [0, 0.1) is 6.92 Å². The molecule has 2 aromatic carbocycles. The molecule has 3 aromatic rings. The standard InChI is InChI=1S/C21H22ClN5O2S/c1-15-24-25-21(27(15)12-16-8-4-3-5-9-16)30-14-20(29)26(2)13-19(28)23-18-11-7-6-10-17(18)22/h3-11H,12-14H2,1-2H3,(H,23,28). The van der Waals surface area contributed by atoms with Crippen molar-refractivity contribution >= 4 is 40.9 Å². The van der Waals surface area contributed by atoms with Gasteiger partial charge in [0.15, 0.2) is 5.16 Å². The molecular weight excluding hydrogens is 422 g/mol. The summed E-state index contributed by atoms with van der Waals surface area (Å²) in [6.07, 6.45) is 0. The fourth-order valence-electron chi connectivity index (χ4n) is 2.71. The van der Waals surface area contributed by atoms with Gasteiger partial charge in [-0.15, -0.1) is 10.2 Å². The molecule has 2 amide bonds. The number of rotatable bonds is 8. The lowest BCUT2D eigenvalue weighted by atomic mass is 10.2. The summed E-state index contributed by atoms with van der Waals surface area (Å²) in [7, 11) is 1.59. The van der Waals surface area contributed by atoms with Gasteiger partial charge < -0.3 is 14.8 Å². The van der Waals surface area contributed by atoms with Gasteiger partial charge in [-0.1, -0.05) is 65.8 Å². The Morgan fingerprint density at radius 3 is 2.53 bits per heavy atom. The summed E-state index contributed by atoms with van der Waals surface area (Å²) in [5.41, 5.74) is 1.64. The molecule has 7 nitrogen and oxygen atoms in total. The van der Waals surface area contributed by atoms with E-state index in [0.717, 1.165) is 11.4 Å². The van der Waals surface area contributed by atoms with Crippen LogP contribution in [0.25, 0.3) is 0 Å². The van der Waals surface area contributed by atoms with E-state index >= 15 is 0 Å². The van der Waals surface area contributed by atoms with Crippen LogP contribution in [0.1, 0.15) is 11.4 Å². The Morgan fingerprint density at radius 2 is 1.80 bits per heavy atom. The van der Waals surface area contributed by atoms with Crippen molar-refractivity contribution < 1.29 is 9.59 Å². The lowest BCUT2D eigenvalue weighted by molar-refractivity contribution is -0.131. The number of anilines is 1. The van der Waals surface area contributed by atoms with Gasteiger partial charge >= 0.3 is 0 Å². The van der Waals surface area contributed by atoms with E-state index in [4.69, 9.17) is 11.6 Å². The number of hydrogen-bond acceptors (Lipinski definition) is 5. The third-order valence-corrected chi connectivity index (χ3v) is 5.65. The van der Waals surface area contributed by atoms with Crippen molar-refractivity contribution in [3.05, 3.63) is 71.0 Å². The van der Waals surface area contributed by atoms with Gasteiger partial charge in [-0.2, -0.15) is 0 Å². The van der Waals surface area contributed by atoms with Gasteiger partial charge in [0.25, 0.3) is 0 Å². The number of thioether (sulfide) groups is 1. The van der Waals surface area contributed by atoms with Gasteiger partial charge in [-0.05, 0) is 24.6 Å². The van der Waals surface area contributed by atoms with Crippen LogP contribution < -0.4 is 5.32 Å². The first kappa shape index (κ1) is 21.9. The van der Waals surface area contributed by atoms with E-state index in [1.807, 2.05) is 41.8 Å². The normalized spacial score (nSPS) is 10.6. The second-order valence-corrected chi connectivity index (χ2v) is 8.02. The summed E-state index contributed by atoms with van der Waals surface area (Å²) in [6.45, 7) is 2.44. The lowest BCUT2D eigenvalue weighted by Gasteiger charge is -2.17. The third kappa shape index (κ3) is 5.84. The lowest BCUT2D eigenvalue weighted by Crippen LogP contribution is -2.36. The average Bonchev–Trinajstić information content (AvgIpc) is 3.08. The van der Waals surface area contributed by atoms with Crippen molar-refractivity contribution in [3.8, 4) is 0 Å². The SMILES string of the molecule is Cc1nnc(SCC(=O)N(C)CC(=O)Nc2ccccc2Cl)n1Cc1ccccc1. The Morgan fingerprint density at radius 1 is 1.10 bits per heavy atom. The van der Waals surface area contributed by atoms with Crippen LogP contribution in [-0.2, 0) is 16.1 Å². The van der Waals surface area contributed by atoms with Gasteiger partial charge in [0.05, 0.1) is 29.6 Å².